The first-order chi connectivity index (χ1) is 11.8. The number of ether oxygens (including phenoxy) is 1. The summed E-state index contributed by atoms with van der Waals surface area (Å²) in [6, 6.07) is 6.10. The fourth-order valence-corrected chi connectivity index (χ4v) is 4.53. The zero-order valence-corrected chi connectivity index (χ0v) is 16.2. The number of rotatable bonds is 10. The summed E-state index contributed by atoms with van der Waals surface area (Å²) in [6.45, 7) is 7.87. The van der Waals surface area contributed by atoms with Gasteiger partial charge in [-0.15, -0.1) is 6.58 Å². The van der Waals surface area contributed by atoms with Gasteiger partial charge in [0.05, 0.1) is 25.7 Å². The van der Waals surface area contributed by atoms with Crippen molar-refractivity contribution in [1.29, 1.82) is 0 Å². The Hall–Kier alpha value is -1.20. The highest BCUT2D eigenvalue weighted by atomic mass is 35.5. The molecule has 0 heterocycles. The molecule has 1 rings (SSSR count). The average Bonchev–Trinajstić information content (AvgIpc) is 2.57. The van der Waals surface area contributed by atoms with E-state index in [1.165, 1.54) is 51.1 Å². The van der Waals surface area contributed by atoms with Gasteiger partial charge in [0.2, 0.25) is 0 Å². The lowest BCUT2D eigenvalue weighted by molar-refractivity contribution is -0.153. The van der Waals surface area contributed by atoms with Crippen LogP contribution in [-0.4, -0.2) is 31.2 Å². The SMILES string of the molecule is C=C[C@H](c1ccc(Cl)cc1)[C@](F)(C(=O)OCC)P(=O)(OCC)OCC. The summed E-state index contributed by atoms with van der Waals surface area (Å²) >= 11 is 5.86. The molecule has 0 aliphatic carbocycles. The fraction of sp³-hybridized carbons (Fsp3) is 0.471. The zero-order chi connectivity index (χ0) is 19.1. The average molecular weight is 393 g/mol. The van der Waals surface area contributed by atoms with E-state index >= 15 is 4.39 Å². The maximum absolute atomic E-state index is 16.2. The highest BCUT2D eigenvalue weighted by molar-refractivity contribution is 7.56. The Morgan fingerprint density at radius 3 is 2.16 bits per heavy atom. The van der Waals surface area contributed by atoms with Crippen LogP contribution in [0, 0.1) is 0 Å². The van der Waals surface area contributed by atoms with Gasteiger partial charge in [-0.05, 0) is 38.5 Å². The lowest BCUT2D eigenvalue weighted by atomic mass is 9.93. The predicted octanol–water partition coefficient (Wildman–Crippen LogP) is 5.10. The summed E-state index contributed by atoms with van der Waals surface area (Å²) in [5.74, 6) is -2.63. The molecule has 1 aromatic carbocycles. The maximum atomic E-state index is 16.2. The summed E-state index contributed by atoms with van der Waals surface area (Å²) in [7, 11) is -4.52. The normalized spacial score (nSPS) is 15.2. The van der Waals surface area contributed by atoms with Crippen molar-refractivity contribution in [2.24, 2.45) is 0 Å². The summed E-state index contributed by atoms with van der Waals surface area (Å²) < 4.78 is 44.4. The Morgan fingerprint density at radius 2 is 1.76 bits per heavy atom. The molecular formula is C17H23ClFO5P. The van der Waals surface area contributed by atoms with Crippen LogP contribution in [0.25, 0.3) is 0 Å². The Labute approximate surface area is 152 Å². The lowest BCUT2D eigenvalue weighted by Crippen LogP contribution is -2.42. The van der Waals surface area contributed by atoms with Crippen molar-refractivity contribution >= 4 is 25.2 Å². The van der Waals surface area contributed by atoms with E-state index in [1.54, 1.807) is 0 Å². The van der Waals surface area contributed by atoms with Crippen molar-refractivity contribution < 1.29 is 27.5 Å². The minimum absolute atomic E-state index is 0.0900. The van der Waals surface area contributed by atoms with Crippen molar-refractivity contribution in [2.75, 3.05) is 19.8 Å². The van der Waals surface area contributed by atoms with Crippen LogP contribution in [0.15, 0.2) is 36.9 Å². The van der Waals surface area contributed by atoms with E-state index in [1.807, 2.05) is 0 Å². The van der Waals surface area contributed by atoms with Gasteiger partial charge >= 0.3 is 19.0 Å². The minimum atomic E-state index is -4.52. The second-order valence-corrected chi connectivity index (χ2v) is 7.59. The Balaban J connectivity index is 3.57. The van der Waals surface area contributed by atoms with E-state index in [4.69, 9.17) is 25.4 Å². The van der Waals surface area contributed by atoms with Gasteiger partial charge in [-0.25, -0.2) is 9.18 Å². The van der Waals surface area contributed by atoms with Crippen molar-refractivity contribution in [3.8, 4) is 0 Å². The molecule has 0 saturated heterocycles. The van der Waals surface area contributed by atoms with Gasteiger partial charge in [0, 0.05) is 5.02 Å². The highest BCUT2D eigenvalue weighted by Gasteiger charge is 2.64. The van der Waals surface area contributed by atoms with Crippen LogP contribution in [0.3, 0.4) is 0 Å². The lowest BCUT2D eigenvalue weighted by Gasteiger charge is -2.35. The quantitative estimate of drug-likeness (QED) is 0.315. The van der Waals surface area contributed by atoms with Gasteiger partial charge in [-0.1, -0.05) is 29.8 Å². The second kappa shape index (κ2) is 9.48. The number of hydrogen-bond donors (Lipinski definition) is 0. The third-order valence-corrected chi connectivity index (χ3v) is 6.14. The molecule has 0 amide bonds. The molecule has 0 N–H and O–H groups in total. The largest absolute Gasteiger partial charge is 0.463 e. The summed E-state index contributed by atoms with van der Waals surface area (Å²) in [6.07, 6.45) is 1.19. The molecule has 8 heteroatoms. The van der Waals surface area contributed by atoms with E-state index in [-0.39, 0.29) is 19.8 Å². The van der Waals surface area contributed by atoms with Crippen LogP contribution in [-0.2, 0) is 23.1 Å². The first kappa shape index (κ1) is 21.8. The summed E-state index contributed by atoms with van der Waals surface area (Å²) in [5, 5.41) is -2.64. The van der Waals surface area contributed by atoms with E-state index in [2.05, 4.69) is 6.58 Å². The third-order valence-electron chi connectivity index (χ3n) is 3.44. The van der Waals surface area contributed by atoms with Crippen molar-refractivity contribution in [3.05, 3.63) is 47.5 Å². The molecule has 0 radical (unpaired) electrons. The van der Waals surface area contributed by atoms with E-state index in [0.29, 0.717) is 10.6 Å². The molecule has 2 atom stereocenters. The Kier molecular flexibility index (Phi) is 8.29. The first-order valence-electron chi connectivity index (χ1n) is 7.94. The number of benzene rings is 1. The van der Waals surface area contributed by atoms with Gasteiger partial charge in [-0.2, -0.15) is 0 Å². The molecule has 0 aliphatic rings. The molecule has 5 nitrogen and oxygen atoms in total. The molecule has 0 aliphatic heterocycles. The minimum Gasteiger partial charge on any atom is -0.463 e. The van der Waals surface area contributed by atoms with Crippen LogP contribution < -0.4 is 0 Å². The van der Waals surface area contributed by atoms with Crippen molar-refractivity contribution in [3.63, 3.8) is 0 Å². The molecule has 1 aromatic rings. The van der Waals surface area contributed by atoms with E-state index in [9.17, 15) is 9.36 Å². The van der Waals surface area contributed by atoms with Gasteiger partial charge in [0.25, 0.3) is 0 Å². The smallest absolute Gasteiger partial charge is 0.380 e. The van der Waals surface area contributed by atoms with Crippen LogP contribution in [0.5, 0.6) is 0 Å². The fourth-order valence-electron chi connectivity index (χ4n) is 2.39. The van der Waals surface area contributed by atoms with Gasteiger partial charge in [-0.3, -0.25) is 4.57 Å². The highest BCUT2D eigenvalue weighted by Crippen LogP contribution is 2.66. The predicted molar refractivity (Wildman–Crippen MR) is 95.7 cm³/mol. The number of halogens is 2. The second-order valence-electron chi connectivity index (χ2n) is 4.99. The maximum Gasteiger partial charge on any atom is 0.380 e. The number of esters is 1. The molecule has 0 aromatic heterocycles. The Morgan fingerprint density at radius 1 is 1.24 bits per heavy atom. The van der Waals surface area contributed by atoms with Crippen molar-refractivity contribution in [1.82, 2.24) is 0 Å². The molecule has 0 saturated carbocycles. The molecular weight excluding hydrogens is 370 g/mol. The monoisotopic (exact) mass is 392 g/mol. The number of carbonyl (C=O) groups is 1. The van der Waals surface area contributed by atoms with Crippen LogP contribution >= 0.6 is 19.2 Å². The zero-order valence-electron chi connectivity index (χ0n) is 14.5. The molecule has 0 spiro atoms. The standard InChI is InChI=1S/C17H23ClFO5P/c1-5-15(13-9-11-14(18)12-10-13)17(19,16(20)22-6-2)25(21,23-7-3)24-8-4/h5,9-12,15H,1,6-8H2,2-4H3/t15-,17-/m1/s1. The van der Waals surface area contributed by atoms with Gasteiger partial charge in [0.15, 0.2) is 0 Å². The van der Waals surface area contributed by atoms with E-state index < -0.39 is 24.9 Å². The molecule has 0 fully saturated rings. The number of allylic oxidation sites excluding steroid dienone is 1. The molecule has 0 unspecified atom stereocenters. The number of carbonyl (C=O) groups excluding carboxylic acids is 1. The van der Waals surface area contributed by atoms with Crippen molar-refractivity contribution in [2.45, 2.75) is 32.1 Å². The van der Waals surface area contributed by atoms with E-state index in [0.717, 1.165) is 0 Å². The number of hydrogen-bond acceptors (Lipinski definition) is 5. The van der Waals surface area contributed by atoms with Crippen LogP contribution in [0.4, 0.5) is 4.39 Å². The van der Waals surface area contributed by atoms with Gasteiger partial charge in [0.1, 0.15) is 0 Å². The number of alkyl halides is 1. The van der Waals surface area contributed by atoms with Gasteiger partial charge < -0.3 is 13.8 Å². The molecule has 140 valence electrons. The van der Waals surface area contributed by atoms with Crippen LogP contribution in [0.1, 0.15) is 32.3 Å². The Bertz CT molecular complexity index is 626. The van der Waals surface area contributed by atoms with Crippen LogP contribution in [0.2, 0.25) is 5.02 Å². The summed E-state index contributed by atoms with van der Waals surface area (Å²) in [4.78, 5) is 12.5. The summed E-state index contributed by atoms with van der Waals surface area (Å²) in [5.41, 5.74) is 0.342. The molecule has 0 bridgehead atoms. The topological polar surface area (TPSA) is 61.8 Å². The first-order valence-corrected chi connectivity index (χ1v) is 9.86. The third kappa shape index (κ3) is 4.50. The molecule has 25 heavy (non-hydrogen) atoms.